The summed E-state index contributed by atoms with van der Waals surface area (Å²) in [6, 6.07) is 7.36. The van der Waals surface area contributed by atoms with Crippen molar-refractivity contribution < 1.29 is 10.2 Å². The van der Waals surface area contributed by atoms with Crippen molar-refractivity contribution in [3.63, 3.8) is 0 Å². The van der Waals surface area contributed by atoms with E-state index in [1.165, 1.54) is 0 Å². The van der Waals surface area contributed by atoms with Gasteiger partial charge in [0.15, 0.2) is 5.72 Å². The van der Waals surface area contributed by atoms with Crippen LogP contribution in [0.3, 0.4) is 0 Å². The van der Waals surface area contributed by atoms with Gasteiger partial charge >= 0.3 is 0 Å². The molecule has 2 atom stereocenters. The van der Waals surface area contributed by atoms with Crippen molar-refractivity contribution in [2.75, 3.05) is 5.32 Å². The Kier molecular flexibility index (Phi) is 1.47. The Morgan fingerprint density at radius 1 is 1.15 bits per heavy atom. The quantitative estimate of drug-likeness (QED) is 0.557. The summed E-state index contributed by atoms with van der Waals surface area (Å²) in [7, 11) is 0. The number of anilines is 1. The molecule has 0 amide bonds. The van der Waals surface area contributed by atoms with Crippen molar-refractivity contribution in [2.45, 2.75) is 25.2 Å². The predicted molar refractivity (Wildman–Crippen MR) is 50.3 cm³/mol. The number of aliphatic hydroxyl groups is 2. The van der Waals surface area contributed by atoms with Gasteiger partial charge < -0.3 is 15.5 Å². The average Bonchev–Trinajstić information content (AvgIpc) is 2.20. The summed E-state index contributed by atoms with van der Waals surface area (Å²) < 4.78 is 0. The van der Waals surface area contributed by atoms with Crippen molar-refractivity contribution in [2.24, 2.45) is 0 Å². The number of rotatable bonds is 0. The van der Waals surface area contributed by atoms with E-state index in [4.69, 9.17) is 0 Å². The molecule has 0 unspecified atom stereocenters. The van der Waals surface area contributed by atoms with Crippen LogP contribution in [0.2, 0.25) is 0 Å². The van der Waals surface area contributed by atoms with E-state index in [1.807, 2.05) is 24.3 Å². The number of nitrogens with one attached hydrogen (secondary N) is 1. The minimum atomic E-state index is -1.29. The van der Waals surface area contributed by atoms with Gasteiger partial charge in [-0.2, -0.15) is 0 Å². The van der Waals surface area contributed by atoms with E-state index in [-0.39, 0.29) is 0 Å². The predicted octanol–water partition coefficient (Wildman–Crippen LogP) is 1.03. The number of fused-ring (bicyclic) bond motifs is 1. The molecule has 1 aliphatic heterocycles. The maximum atomic E-state index is 10.1. The first-order chi connectivity index (χ1) is 5.95. The number of hydrogen-bond donors (Lipinski definition) is 3. The van der Waals surface area contributed by atoms with E-state index in [0.717, 1.165) is 11.3 Å². The topological polar surface area (TPSA) is 52.5 Å². The zero-order chi connectivity index (χ0) is 9.69. The van der Waals surface area contributed by atoms with Gasteiger partial charge in [-0.15, -0.1) is 0 Å². The standard InChI is InChI=1S/C10H13NO2/c1-9(12)7-5-3-4-6-8(7)11-10(9,2)13/h3-6,11-13H,1-2H3/t9-,10-/m0/s1. The molecule has 13 heavy (non-hydrogen) atoms. The molecule has 0 aromatic heterocycles. The van der Waals surface area contributed by atoms with Crippen LogP contribution in [-0.4, -0.2) is 15.9 Å². The monoisotopic (exact) mass is 179 g/mol. The summed E-state index contributed by atoms with van der Waals surface area (Å²) in [5.41, 5.74) is -1.00. The highest BCUT2D eigenvalue weighted by atomic mass is 16.4. The van der Waals surface area contributed by atoms with Crippen LogP contribution in [0.4, 0.5) is 5.69 Å². The Balaban J connectivity index is 2.60. The summed E-state index contributed by atoms with van der Waals surface area (Å²) in [6.07, 6.45) is 0. The number of benzene rings is 1. The van der Waals surface area contributed by atoms with Gasteiger partial charge in [0.2, 0.25) is 0 Å². The molecular formula is C10H13NO2. The second-order valence-electron chi connectivity index (χ2n) is 3.82. The Morgan fingerprint density at radius 2 is 1.77 bits per heavy atom. The van der Waals surface area contributed by atoms with Crippen molar-refractivity contribution >= 4 is 5.69 Å². The molecule has 1 aromatic rings. The van der Waals surface area contributed by atoms with Crippen molar-refractivity contribution in [3.8, 4) is 0 Å². The van der Waals surface area contributed by atoms with Crippen LogP contribution in [-0.2, 0) is 5.60 Å². The highest BCUT2D eigenvalue weighted by Crippen LogP contribution is 2.43. The minimum absolute atomic E-state index is 0.736. The van der Waals surface area contributed by atoms with Gasteiger partial charge in [0.05, 0.1) is 0 Å². The van der Waals surface area contributed by atoms with Crippen LogP contribution in [0, 0.1) is 0 Å². The van der Waals surface area contributed by atoms with Crippen LogP contribution >= 0.6 is 0 Å². The molecule has 1 aromatic carbocycles. The van der Waals surface area contributed by atoms with Crippen LogP contribution in [0.1, 0.15) is 19.4 Å². The van der Waals surface area contributed by atoms with Crippen molar-refractivity contribution in [3.05, 3.63) is 29.8 Å². The lowest BCUT2D eigenvalue weighted by molar-refractivity contribution is -0.109. The molecule has 0 spiro atoms. The normalized spacial score (nSPS) is 36.9. The second-order valence-corrected chi connectivity index (χ2v) is 3.82. The minimum Gasteiger partial charge on any atom is -0.380 e. The molecule has 0 radical (unpaired) electrons. The molecule has 3 nitrogen and oxygen atoms in total. The smallest absolute Gasteiger partial charge is 0.165 e. The highest BCUT2D eigenvalue weighted by Gasteiger charge is 2.49. The summed E-state index contributed by atoms with van der Waals surface area (Å²) in [4.78, 5) is 0. The molecule has 0 aliphatic carbocycles. The Bertz CT molecular complexity index is 345. The lowest BCUT2D eigenvalue weighted by Gasteiger charge is -2.31. The zero-order valence-corrected chi connectivity index (χ0v) is 7.70. The largest absolute Gasteiger partial charge is 0.380 e. The molecule has 2 rings (SSSR count). The summed E-state index contributed by atoms with van der Waals surface area (Å²) in [5, 5.41) is 22.8. The van der Waals surface area contributed by atoms with Gasteiger partial charge in [-0.1, -0.05) is 18.2 Å². The zero-order valence-electron chi connectivity index (χ0n) is 7.70. The third-order valence-corrected chi connectivity index (χ3v) is 2.78. The van der Waals surface area contributed by atoms with Gasteiger partial charge in [-0.3, -0.25) is 0 Å². The fourth-order valence-corrected chi connectivity index (χ4v) is 1.66. The fourth-order valence-electron chi connectivity index (χ4n) is 1.66. The summed E-state index contributed by atoms with van der Waals surface area (Å²) >= 11 is 0. The van der Waals surface area contributed by atoms with Gasteiger partial charge in [0.25, 0.3) is 0 Å². The van der Waals surface area contributed by atoms with Crippen LogP contribution in [0.5, 0.6) is 0 Å². The van der Waals surface area contributed by atoms with Gasteiger partial charge in [-0.25, -0.2) is 0 Å². The van der Waals surface area contributed by atoms with Gasteiger partial charge in [0.1, 0.15) is 5.60 Å². The van der Waals surface area contributed by atoms with E-state index in [1.54, 1.807) is 13.8 Å². The van der Waals surface area contributed by atoms with Crippen LogP contribution < -0.4 is 5.32 Å². The van der Waals surface area contributed by atoms with Gasteiger partial charge in [-0.05, 0) is 19.9 Å². The van der Waals surface area contributed by atoms with Crippen molar-refractivity contribution in [1.82, 2.24) is 0 Å². The first-order valence-corrected chi connectivity index (χ1v) is 4.27. The summed E-state index contributed by atoms with van der Waals surface area (Å²) in [5.74, 6) is 0. The number of hydrogen-bond acceptors (Lipinski definition) is 3. The summed E-state index contributed by atoms with van der Waals surface area (Å²) in [6.45, 7) is 3.17. The third kappa shape index (κ3) is 0.975. The maximum absolute atomic E-state index is 10.1. The Labute approximate surface area is 77.0 Å². The molecule has 3 N–H and O–H groups in total. The fraction of sp³-hybridized carbons (Fsp3) is 0.400. The van der Waals surface area contributed by atoms with Crippen molar-refractivity contribution in [1.29, 1.82) is 0 Å². The lowest BCUT2D eigenvalue weighted by Crippen LogP contribution is -2.47. The molecule has 0 saturated heterocycles. The Morgan fingerprint density at radius 3 is 2.38 bits per heavy atom. The number of para-hydroxylation sites is 1. The molecule has 0 saturated carbocycles. The Hall–Kier alpha value is -1.06. The molecule has 3 heteroatoms. The maximum Gasteiger partial charge on any atom is 0.165 e. The average molecular weight is 179 g/mol. The van der Waals surface area contributed by atoms with E-state index in [0.29, 0.717) is 0 Å². The van der Waals surface area contributed by atoms with Crippen LogP contribution in [0.15, 0.2) is 24.3 Å². The van der Waals surface area contributed by atoms with E-state index >= 15 is 0 Å². The van der Waals surface area contributed by atoms with E-state index in [9.17, 15) is 10.2 Å². The van der Waals surface area contributed by atoms with Crippen LogP contribution in [0.25, 0.3) is 0 Å². The lowest BCUT2D eigenvalue weighted by atomic mass is 9.90. The third-order valence-electron chi connectivity index (χ3n) is 2.78. The molecule has 70 valence electrons. The van der Waals surface area contributed by atoms with E-state index in [2.05, 4.69) is 5.32 Å². The molecule has 0 fully saturated rings. The first-order valence-electron chi connectivity index (χ1n) is 4.27. The molecule has 1 aliphatic rings. The molecule has 1 heterocycles. The SMILES string of the molecule is C[C@]1(O)c2ccccc2N[C@@]1(C)O. The van der Waals surface area contributed by atoms with E-state index < -0.39 is 11.3 Å². The highest BCUT2D eigenvalue weighted by molar-refractivity contribution is 5.61. The molecular weight excluding hydrogens is 166 g/mol. The first kappa shape index (κ1) is 8.53. The van der Waals surface area contributed by atoms with Gasteiger partial charge in [0, 0.05) is 11.3 Å². The molecule has 0 bridgehead atoms. The second kappa shape index (κ2) is 2.25.